The van der Waals surface area contributed by atoms with Gasteiger partial charge in [0.2, 0.25) is 0 Å². The Bertz CT molecular complexity index is 612. The van der Waals surface area contributed by atoms with Crippen LogP contribution in [-0.4, -0.2) is 16.7 Å². The highest BCUT2D eigenvalue weighted by atomic mass is 16.4. The Labute approximate surface area is 104 Å². The summed E-state index contributed by atoms with van der Waals surface area (Å²) in [6.45, 7) is 2.46. The van der Waals surface area contributed by atoms with Crippen molar-refractivity contribution in [3.63, 3.8) is 0 Å². The summed E-state index contributed by atoms with van der Waals surface area (Å²) in [5, 5.41) is 10.8. The Hall–Kier alpha value is -2.36. The first-order chi connectivity index (χ1) is 8.50. The van der Waals surface area contributed by atoms with Crippen LogP contribution in [0, 0.1) is 0 Å². The molecule has 1 N–H and O–H groups in total. The molecule has 0 aliphatic rings. The summed E-state index contributed by atoms with van der Waals surface area (Å²) in [6.07, 6.45) is 0. The maximum Gasteiger partial charge on any atom is 0.173 e. The molecule has 4 heteroatoms. The zero-order chi connectivity index (χ0) is 13.3. The highest BCUT2D eigenvalue weighted by Crippen LogP contribution is 2.25. The molecular formula is C14H12O4. The van der Waals surface area contributed by atoms with Gasteiger partial charge < -0.3 is 9.52 Å². The van der Waals surface area contributed by atoms with Crippen molar-refractivity contribution in [3.8, 4) is 0 Å². The Morgan fingerprint density at radius 3 is 2.28 bits per heavy atom. The van der Waals surface area contributed by atoms with Gasteiger partial charge in [0.25, 0.3) is 0 Å². The van der Waals surface area contributed by atoms with Crippen LogP contribution in [0.5, 0.6) is 0 Å². The van der Waals surface area contributed by atoms with E-state index in [2.05, 4.69) is 0 Å². The van der Waals surface area contributed by atoms with E-state index in [0.717, 1.165) is 5.39 Å². The normalized spacial score (nSPS) is 10.3. The number of hydrogen-bond acceptors (Lipinski definition) is 4. The van der Waals surface area contributed by atoms with Crippen LogP contribution in [0.2, 0.25) is 0 Å². The number of furan rings is 1. The fourth-order valence-electron chi connectivity index (χ4n) is 1.80. The molecule has 4 nitrogen and oxygen atoms in total. The summed E-state index contributed by atoms with van der Waals surface area (Å²) in [7, 11) is 0. The average Bonchev–Trinajstić information content (AvgIpc) is 2.71. The number of benzene rings is 1. The number of aliphatic hydroxyl groups is 1. The molecular weight excluding hydrogens is 232 g/mol. The molecule has 92 valence electrons. The van der Waals surface area contributed by atoms with E-state index in [9.17, 15) is 14.7 Å². The van der Waals surface area contributed by atoms with Crippen molar-refractivity contribution in [1.82, 2.24) is 0 Å². The van der Waals surface area contributed by atoms with Gasteiger partial charge in [0.1, 0.15) is 11.2 Å². The van der Waals surface area contributed by atoms with E-state index in [-0.39, 0.29) is 11.3 Å². The number of Topliss-reactive ketones (excluding diaryl/α,β-unsaturated/α-hetero) is 2. The van der Waals surface area contributed by atoms with E-state index >= 15 is 0 Å². The van der Waals surface area contributed by atoms with Crippen LogP contribution >= 0.6 is 0 Å². The number of fused-ring (bicyclic) bond motifs is 1. The van der Waals surface area contributed by atoms with Crippen LogP contribution in [0.15, 0.2) is 40.3 Å². The lowest BCUT2D eigenvalue weighted by Crippen LogP contribution is -2.09. The minimum Gasteiger partial charge on any atom is -0.504 e. The standard InChI is InChI=1S/C14H12O4/c1-8(15)13(9(2)16)14(17)12-7-10-5-3-4-6-11(10)18-12/h3-7,17H,1-2H3. The predicted octanol–water partition coefficient (Wildman–Crippen LogP) is 2.88. The van der Waals surface area contributed by atoms with E-state index in [4.69, 9.17) is 4.42 Å². The van der Waals surface area contributed by atoms with Crippen molar-refractivity contribution >= 4 is 28.3 Å². The summed E-state index contributed by atoms with van der Waals surface area (Å²) < 4.78 is 5.40. The largest absolute Gasteiger partial charge is 0.504 e. The van der Waals surface area contributed by atoms with Crippen molar-refractivity contribution in [3.05, 3.63) is 41.7 Å². The summed E-state index contributed by atoms with van der Waals surface area (Å²) in [6, 6.07) is 8.78. The topological polar surface area (TPSA) is 67.5 Å². The average molecular weight is 244 g/mol. The van der Waals surface area contributed by atoms with Crippen LogP contribution in [0.1, 0.15) is 19.6 Å². The summed E-state index contributed by atoms with van der Waals surface area (Å²) in [5.41, 5.74) is 0.347. The summed E-state index contributed by atoms with van der Waals surface area (Å²) in [4.78, 5) is 22.7. The number of aliphatic hydroxyl groups excluding tert-OH is 1. The third kappa shape index (κ3) is 2.05. The lowest BCUT2D eigenvalue weighted by molar-refractivity contribution is -0.119. The van der Waals surface area contributed by atoms with Crippen LogP contribution in [0.3, 0.4) is 0 Å². The first kappa shape index (κ1) is 12.1. The lowest BCUT2D eigenvalue weighted by Gasteiger charge is -2.01. The van der Waals surface area contributed by atoms with E-state index in [1.165, 1.54) is 13.8 Å². The molecule has 1 heterocycles. The number of hydrogen-bond donors (Lipinski definition) is 1. The fourth-order valence-corrected chi connectivity index (χ4v) is 1.80. The molecule has 1 aromatic carbocycles. The molecule has 0 unspecified atom stereocenters. The molecule has 0 atom stereocenters. The second-order valence-electron chi connectivity index (χ2n) is 3.98. The van der Waals surface area contributed by atoms with E-state index in [1.54, 1.807) is 18.2 Å². The van der Waals surface area contributed by atoms with Gasteiger partial charge >= 0.3 is 0 Å². The predicted molar refractivity (Wildman–Crippen MR) is 67.1 cm³/mol. The number of rotatable bonds is 3. The number of carbonyl (C=O) groups is 2. The zero-order valence-electron chi connectivity index (χ0n) is 10.1. The van der Waals surface area contributed by atoms with Gasteiger partial charge in [0.05, 0.1) is 0 Å². The molecule has 0 fully saturated rings. The molecule has 2 aromatic rings. The second-order valence-corrected chi connectivity index (χ2v) is 3.98. The Kier molecular flexibility index (Phi) is 3.02. The fraction of sp³-hybridized carbons (Fsp3) is 0.143. The molecule has 0 aliphatic carbocycles. The summed E-state index contributed by atoms with van der Waals surface area (Å²) >= 11 is 0. The Balaban J connectivity index is 2.62. The smallest absolute Gasteiger partial charge is 0.173 e. The van der Waals surface area contributed by atoms with Crippen molar-refractivity contribution < 1.29 is 19.1 Å². The molecule has 0 bridgehead atoms. The first-order valence-corrected chi connectivity index (χ1v) is 5.44. The maximum atomic E-state index is 11.3. The van der Waals surface area contributed by atoms with E-state index < -0.39 is 17.3 Å². The van der Waals surface area contributed by atoms with Gasteiger partial charge in [0, 0.05) is 5.39 Å². The lowest BCUT2D eigenvalue weighted by atomic mass is 10.1. The third-order valence-corrected chi connectivity index (χ3v) is 2.60. The third-order valence-electron chi connectivity index (χ3n) is 2.60. The Morgan fingerprint density at radius 1 is 1.11 bits per heavy atom. The minimum atomic E-state index is -0.486. The zero-order valence-corrected chi connectivity index (χ0v) is 10.1. The van der Waals surface area contributed by atoms with Gasteiger partial charge in [-0.3, -0.25) is 9.59 Å². The second kappa shape index (κ2) is 4.49. The number of carbonyl (C=O) groups excluding carboxylic acids is 2. The van der Waals surface area contributed by atoms with E-state index in [1.807, 2.05) is 12.1 Å². The van der Waals surface area contributed by atoms with Gasteiger partial charge in [-0.1, -0.05) is 18.2 Å². The SMILES string of the molecule is CC(=O)C(C(C)=O)=C(O)c1cc2ccccc2o1. The monoisotopic (exact) mass is 244 g/mol. The molecule has 0 spiro atoms. The van der Waals surface area contributed by atoms with Crippen molar-refractivity contribution in [2.75, 3.05) is 0 Å². The number of para-hydroxylation sites is 1. The van der Waals surface area contributed by atoms with Crippen LogP contribution in [0.25, 0.3) is 16.7 Å². The minimum absolute atomic E-state index is 0.122. The maximum absolute atomic E-state index is 11.3. The molecule has 0 radical (unpaired) electrons. The quantitative estimate of drug-likeness (QED) is 0.390. The van der Waals surface area contributed by atoms with Gasteiger partial charge in [-0.25, -0.2) is 0 Å². The molecule has 1 aromatic heterocycles. The Morgan fingerprint density at radius 2 is 1.72 bits per heavy atom. The van der Waals surface area contributed by atoms with Gasteiger partial charge in [-0.15, -0.1) is 0 Å². The molecule has 0 aliphatic heterocycles. The number of allylic oxidation sites excluding steroid dienone is 1. The van der Waals surface area contributed by atoms with Gasteiger partial charge in [0.15, 0.2) is 23.1 Å². The van der Waals surface area contributed by atoms with Crippen LogP contribution in [-0.2, 0) is 9.59 Å². The first-order valence-electron chi connectivity index (χ1n) is 5.44. The van der Waals surface area contributed by atoms with Crippen LogP contribution < -0.4 is 0 Å². The molecule has 18 heavy (non-hydrogen) atoms. The molecule has 0 amide bonds. The van der Waals surface area contributed by atoms with Gasteiger partial charge in [-0.2, -0.15) is 0 Å². The highest BCUT2D eigenvalue weighted by molar-refractivity contribution is 6.22. The molecule has 0 saturated carbocycles. The van der Waals surface area contributed by atoms with Gasteiger partial charge in [-0.05, 0) is 26.0 Å². The van der Waals surface area contributed by atoms with Crippen molar-refractivity contribution in [1.29, 1.82) is 0 Å². The van der Waals surface area contributed by atoms with Crippen LogP contribution in [0.4, 0.5) is 0 Å². The number of ketones is 2. The van der Waals surface area contributed by atoms with E-state index in [0.29, 0.717) is 5.58 Å². The highest BCUT2D eigenvalue weighted by Gasteiger charge is 2.20. The molecule has 2 rings (SSSR count). The van der Waals surface area contributed by atoms with Crippen molar-refractivity contribution in [2.24, 2.45) is 0 Å². The summed E-state index contributed by atoms with van der Waals surface area (Å²) in [5.74, 6) is -1.26. The van der Waals surface area contributed by atoms with Crippen molar-refractivity contribution in [2.45, 2.75) is 13.8 Å². The molecule has 0 saturated heterocycles.